The molecule has 0 spiro atoms. The molecule has 4 aromatic rings. The number of nitrogens with two attached hydrogens (primary N) is 1. The quantitative estimate of drug-likeness (QED) is 0.569. The van der Waals surface area contributed by atoms with Crippen LogP contribution in [0.25, 0.3) is 28.2 Å². The van der Waals surface area contributed by atoms with Crippen molar-refractivity contribution < 1.29 is 4.79 Å². The van der Waals surface area contributed by atoms with E-state index in [2.05, 4.69) is 25.1 Å². The summed E-state index contributed by atoms with van der Waals surface area (Å²) in [5.74, 6) is 0.378. The predicted octanol–water partition coefficient (Wildman–Crippen LogP) is 0.572. The molecule has 24 heavy (non-hydrogen) atoms. The van der Waals surface area contributed by atoms with E-state index in [1.54, 1.807) is 21.8 Å². The number of aryl methyl sites for hydroxylation is 1. The third kappa shape index (κ3) is 2.41. The summed E-state index contributed by atoms with van der Waals surface area (Å²) in [4.78, 5) is 23.3. The lowest BCUT2D eigenvalue weighted by Crippen LogP contribution is -2.14. The van der Waals surface area contributed by atoms with E-state index in [0.29, 0.717) is 17.3 Å². The minimum atomic E-state index is -0.488. The zero-order valence-corrected chi connectivity index (χ0v) is 12.8. The van der Waals surface area contributed by atoms with Gasteiger partial charge in [-0.15, -0.1) is 5.10 Å². The second-order valence-corrected chi connectivity index (χ2v) is 5.39. The van der Waals surface area contributed by atoms with Crippen molar-refractivity contribution in [2.75, 3.05) is 0 Å². The third-order valence-electron chi connectivity index (χ3n) is 3.56. The summed E-state index contributed by atoms with van der Waals surface area (Å²) in [5, 5.41) is 9.53. The summed E-state index contributed by atoms with van der Waals surface area (Å²) in [6.07, 6.45) is 5.26. The molecule has 0 aliphatic rings. The van der Waals surface area contributed by atoms with Crippen molar-refractivity contribution in [3.63, 3.8) is 0 Å². The number of rotatable bonds is 4. The first-order valence-corrected chi connectivity index (χ1v) is 7.28. The van der Waals surface area contributed by atoms with Crippen molar-refractivity contribution in [1.82, 2.24) is 34.5 Å². The highest BCUT2D eigenvalue weighted by molar-refractivity contribution is 5.78. The number of amides is 1. The molecule has 0 saturated heterocycles. The van der Waals surface area contributed by atoms with E-state index in [9.17, 15) is 4.79 Å². The second-order valence-electron chi connectivity index (χ2n) is 5.39. The highest BCUT2D eigenvalue weighted by Crippen LogP contribution is 2.22. The molecule has 120 valence electrons. The molecule has 4 aromatic heterocycles. The fourth-order valence-electron chi connectivity index (χ4n) is 2.50. The highest BCUT2D eigenvalue weighted by atomic mass is 16.1. The van der Waals surface area contributed by atoms with Crippen molar-refractivity contribution >= 4 is 16.9 Å². The Hall–Kier alpha value is -3.49. The van der Waals surface area contributed by atoms with Crippen molar-refractivity contribution in [1.29, 1.82) is 0 Å². The van der Waals surface area contributed by atoms with Crippen molar-refractivity contribution in [3.05, 3.63) is 42.6 Å². The van der Waals surface area contributed by atoms with E-state index in [1.165, 1.54) is 0 Å². The monoisotopic (exact) mass is 322 g/mol. The maximum Gasteiger partial charge on any atom is 0.225 e. The molecule has 0 radical (unpaired) electrons. The number of nitrogens with zero attached hydrogens (tertiary/aromatic N) is 6. The van der Waals surface area contributed by atoms with Gasteiger partial charge >= 0.3 is 0 Å². The van der Waals surface area contributed by atoms with Crippen LogP contribution in [-0.2, 0) is 18.3 Å². The smallest absolute Gasteiger partial charge is 0.225 e. The van der Waals surface area contributed by atoms with Gasteiger partial charge in [0.1, 0.15) is 17.0 Å². The van der Waals surface area contributed by atoms with Crippen LogP contribution in [0.1, 0.15) is 5.82 Å². The van der Waals surface area contributed by atoms with Crippen molar-refractivity contribution in [2.45, 2.75) is 6.42 Å². The molecule has 0 atom stereocenters. The Morgan fingerprint density at radius 2 is 2.17 bits per heavy atom. The summed E-state index contributed by atoms with van der Waals surface area (Å²) in [7, 11) is 1.81. The van der Waals surface area contributed by atoms with E-state index in [0.717, 1.165) is 16.7 Å². The Balaban J connectivity index is 1.88. The number of aromatic amines is 1. The number of primary amides is 1. The van der Waals surface area contributed by atoms with Gasteiger partial charge in [0.2, 0.25) is 5.91 Å². The highest BCUT2D eigenvalue weighted by Gasteiger charge is 2.17. The zero-order chi connectivity index (χ0) is 16.7. The van der Waals surface area contributed by atoms with Crippen LogP contribution in [0.4, 0.5) is 0 Å². The van der Waals surface area contributed by atoms with Gasteiger partial charge in [-0.25, -0.2) is 14.6 Å². The fourth-order valence-corrected chi connectivity index (χ4v) is 2.50. The van der Waals surface area contributed by atoms with E-state index >= 15 is 0 Å². The molecular formula is C15H14N8O. The van der Waals surface area contributed by atoms with Crippen LogP contribution in [0.5, 0.6) is 0 Å². The Morgan fingerprint density at radius 3 is 2.92 bits per heavy atom. The van der Waals surface area contributed by atoms with Crippen LogP contribution in [-0.4, -0.2) is 40.4 Å². The normalized spacial score (nSPS) is 11.2. The molecule has 9 nitrogen and oxygen atoms in total. The van der Waals surface area contributed by atoms with Crippen LogP contribution < -0.4 is 5.73 Å². The first-order chi connectivity index (χ1) is 11.6. The number of hydrogen-bond donors (Lipinski definition) is 2. The van der Waals surface area contributed by atoms with Gasteiger partial charge in [-0.2, -0.15) is 5.10 Å². The van der Waals surface area contributed by atoms with E-state index in [4.69, 9.17) is 5.73 Å². The summed E-state index contributed by atoms with van der Waals surface area (Å²) < 4.78 is 3.28. The maximum atomic E-state index is 11.2. The number of carbonyl (C=O) groups is 1. The minimum Gasteiger partial charge on any atom is -0.369 e. The van der Waals surface area contributed by atoms with Gasteiger partial charge in [-0.05, 0) is 18.2 Å². The molecule has 4 heterocycles. The molecule has 0 saturated carbocycles. The van der Waals surface area contributed by atoms with Crippen LogP contribution in [0, 0.1) is 0 Å². The van der Waals surface area contributed by atoms with Gasteiger partial charge in [-0.3, -0.25) is 9.48 Å². The first-order valence-electron chi connectivity index (χ1n) is 7.28. The van der Waals surface area contributed by atoms with E-state index in [-0.39, 0.29) is 6.42 Å². The number of hydrogen-bond acceptors (Lipinski definition) is 5. The second kappa shape index (κ2) is 5.30. The summed E-state index contributed by atoms with van der Waals surface area (Å²) in [6, 6.07) is 5.75. The summed E-state index contributed by atoms with van der Waals surface area (Å²) in [5.41, 5.74) is 7.38. The van der Waals surface area contributed by atoms with Crippen LogP contribution in [0.3, 0.4) is 0 Å². The van der Waals surface area contributed by atoms with Gasteiger partial charge < -0.3 is 10.7 Å². The molecule has 0 aromatic carbocycles. The molecule has 9 heteroatoms. The molecule has 0 fully saturated rings. The number of pyridine rings is 1. The van der Waals surface area contributed by atoms with Crippen LogP contribution >= 0.6 is 0 Å². The van der Waals surface area contributed by atoms with E-state index in [1.807, 2.05) is 31.4 Å². The van der Waals surface area contributed by atoms with Gasteiger partial charge in [0, 0.05) is 18.6 Å². The topological polar surface area (TPSA) is 120 Å². The molecule has 0 aliphatic heterocycles. The number of fused-ring (bicyclic) bond motifs is 1. The zero-order valence-electron chi connectivity index (χ0n) is 12.8. The predicted molar refractivity (Wildman–Crippen MR) is 86.1 cm³/mol. The Morgan fingerprint density at radius 1 is 1.29 bits per heavy atom. The fraction of sp³-hybridized carbons (Fsp3) is 0.133. The lowest BCUT2D eigenvalue weighted by molar-refractivity contribution is -0.117. The molecule has 0 bridgehead atoms. The van der Waals surface area contributed by atoms with Gasteiger partial charge in [0.25, 0.3) is 0 Å². The van der Waals surface area contributed by atoms with Crippen LogP contribution in [0.15, 0.2) is 36.8 Å². The molecule has 4 rings (SSSR count). The Bertz CT molecular complexity index is 1040. The molecule has 0 aliphatic carbocycles. The SMILES string of the molecule is Cn1cc(-n2nc(CC(N)=O)nc2-c2ccc3cc[nH]c3n2)cn1. The first kappa shape index (κ1) is 14.1. The summed E-state index contributed by atoms with van der Waals surface area (Å²) >= 11 is 0. The average molecular weight is 322 g/mol. The molecule has 1 amide bonds. The number of nitrogens with one attached hydrogen (secondary N) is 1. The largest absolute Gasteiger partial charge is 0.369 e. The molecule has 3 N–H and O–H groups in total. The van der Waals surface area contributed by atoms with Crippen molar-refractivity contribution in [2.24, 2.45) is 12.8 Å². The van der Waals surface area contributed by atoms with Gasteiger partial charge in [-0.1, -0.05) is 0 Å². The third-order valence-corrected chi connectivity index (χ3v) is 3.56. The molecule has 0 unspecified atom stereocenters. The van der Waals surface area contributed by atoms with E-state index < -0.39 is 5.91 Å². The van der Waals surface area contributed by atoms with Gasteiger partial charge in [0.05, 0.1) is 18.8 Å². The number of carbonyl (C=O) groups excluding carboxylic acids is 1. The Kier molecular flexibility index (Phi) is 3.12. The Labute approximate surface area is 136 Å². The lowest BCUT2D eigenvalue weighted by atomic mass is 10.3. The number of aromatic nitrogens is 7. The van der Waals surface area contributed by atoms with Gasteiger partial charge in [0.15, 0.2) is 11.6 Å². The lowest BCUT2D eigenvalue weighted by Gasteiger charge is -2.02. The number of H-pyrrole nitrogens is 1. The van der Waals surface area contributed by atoms with Crippen molar-refractivity contribution in [3.8, 4) is 17.2 Å². The van der Waals surface area contributed by atoms with Crippen LogP contribution in [0.2, 0.25) is 0 Å². The average Bonchev–Trinajstić information content (AvgIpc) is 3.24. The minimum absolute atomic E-state index is 0.0367. The molecular weight excluding hydrogens is 308 g/mol. The standard InChI is InChI=1S/C15H14N8O/c1-22-8-10(7-18-22)23-15(20-13(21-23)6-12(16)24)11-3-2-9-4-5-17-14(9)19-11/h2-5,7-8H,6H2,1H3,(H2,16,24)(H,17,19). The maximum absolute atomic E-state index is 11.2. The summed E-state index contributed by atoms with van der Waals surface area (Å²) in [6.45, 7) is 0.